The fraction of sp³-hybridized carbons (Fsp3) is 0.600. The minimum Gasteiger partial charge on any atom is -0.397 e. The van der Waals surface area contributed by atoms with Crippen molar-refractivity contribution in [3.05, 3.63) is 18.0 Å². The zero-order valence-electron chi connectivity index (χ0n) is 8.48. The average Bonchev–Trinajstić information content (AvgIpc) is 2.65. The number of likely N-dealkylation sites (tertiary alicyclic amines) is 1. The predicted octanol–water partition coefficient (Wildman–Crippen LogP) is 1.22. The van der Waals surface area contributed by atoms with Gasteiger partial charge in [0.25, 0.3) is 0 Å². The van der Waals surface area contributed by atoms with E-state index >= 15 is 0 Å². The smallest absolute Gasteiger partial charge is 0.0823 e. The summed E-state index contributed by atoms with van der Waals surface area (Å²) >= 11 is 0. The van der Waals surface area contributed by atoms with E-state index in [1.807, 2.05) is 6.07 Å². The van der Waals surface area contributed by atoms with Crippen LogP contribution in [0.2, 0.25) is 0 Å². The second-order valence-corrected chi connectivity index (χ2v) is 3.70. The Balaban J connectivity index is 2.21. The number of hydrogen-bond acceptors (Lipinski definition) is 4. The Hall–Kier alpha value is -1.16. The topological polar surface area (TPSA) is 55.0 Å². The van der Waals surface area contributed by atoms with Crippen molar-refractivity contribution in [1.29, 1.82) is 0 Å². The molecule has 1 unspecified atom stereocenters. The maximum absolute atomic E-state index is 5.69. The van der Waals surface area contributed by atoms with Crippen LogP contribution >= 0.6 is 0 Å². The Bertz CT molecular complexity index is 313. The summed E-state index contributed by atoms with van der Waals surface area (Å²) in [6, 6.07) is 2.36. The van der Waals surface area contributed by atoms with Gasteiger partial charge < -0.3 is 5.73 Å². The molecule has 1 aromatic rings. The van der Waals surface area contributed by atoms with E-state index in [9.17, 15) is 0 Å². The Labute approximate surface area is 84.1 Å². The molecule has 2 rings (SSSR count). The molecule has 0 amide bonds. The molecule has 14 heavy (non-hydrogen) atoms. The monoisotopic (exact) mass is 192 g/mol. The first-order chi connectivity index (χ1) is 6.81. The number of anilines is 1. The molecule has 0 radical (unpaired) electrons. The van der Waals surface area contributed by atoms with Gasteiger partial charge in [0.15, 0.2) is 0 Å². The molecule has 0 aliphatic carbocycles. The van der Waals surface area contributed by atoms with Crippen LogP contribution in [0.3, 0.4) is 0 Å². The fourth-order valence-corrected chi connectivity index (χ4v) is 2.10. The van der Waals surface area contributed by atoms with Crippen LogP contribution in [-0.4, -0.2) is 28.2 Å². The maximum Gasteiger partial charge on any atom is 0.0823 e. The molecule has 2 N–H and O–H groups in total. The summed E-state index contributed by atoms with van der Waals surface area (Å²) in [5.74, 6) is 0. The van der Waals surface area contributed by atoms with Crippen molar-refractivity contribution < 1.29 is 0 Å². The van der Waals surface area contributed by atoms with Crippen LogP contribution in [0.4, 0.5) is 5.69 Å². The van der Waals surface area contributed by atoms with Crippen LogP contribution in [0.1, 0.15) is 31.5 Å². The van der Waals surface area contributed by atoms with Gasteiger partial charge in [-0.05, 0) is 32.0 Å². The summed E-state index contributed by atoms with van der Waals surface area (Å²) in [6.45, 7) is 4.41. The van der Waals surface area contributed by atoms with Crippen LogP contribution in [-0.2, 0) is 0 Å². The lowest BCUT2D eigenvalue weighted by Crippen LogP contribution is -2.23. The third-order valence-electron chi connectivity index (χ3n) is 2.81. The number of rotatable bonds is 2. The highest BCUT2D eigenvalue weighted by molar-refractivity contribution is 5.35. The molecule has 2 heterocycles. The molecular formula is C10H16N4. The summed E-state index contributed by atoms with van der Waals surface area (Å²) in [5, 5.41) is 8.04. The highest BCUT2D eigenvalue weighted by atomic mass is 15.2. The van der Waals surface area contributed by atoms with E-state index in [-0.39, 0.29) is 0 Å². The van der Waals surface area contributed by atoms with E-state index in [0.717, 1.165) is 18.8 Å². The zero-order chi connectivity index (χ0) is 9.97. The molecule has 0 saturated carbocycles. The van der Waals surface area contributed by atoms with E-state index < -0.39 is 0 Å². The molecule has 1 saturated heterocycles. The molecule has 0 bridgehead atoms. The lowest BCUT2D eigenvalue weighted by Gasteiger charge is -2.21. The lowest BCUT2D eigenvalue weighted by atomic mass is 10.1. The van der Waals surface area contributed by atoms with Crippen LogP contribution < -0.4 is 5.73 Å². The van der Waals surface area contributed by atoms with Crippen molar-refractivity contribution >= 4 is 5.69 Å². The molecule has 1 aliphatic heterocycles. The van der Waals surface area contributed by atoms with Crippen molar-refractivity contribution in [3.8, 4) is 0 Å². The van der Waals surface area contributed by atoms with Crippen molar-refractivity contribution in [2.45, 2.75) is 25.8 Å². The third-order valence-corrected chi connectivity index (χ3v) is 2.81. The number of nitrogen functional groups attached to an aromatic ring is 1. The molecule has 0 aromatic carbocycles. The van der Waals surface area contributed by atoms with Crippen LogP contribution in [0.5, 0.6) is 0 Å². The quantitative estimate of drug-likeness (QED) is 0.765. The van der Waals surface area contributed by atoms with Gasteiger partial charge in [-0.2, -0.15) is 10.2 Å². The maximum atomic E-state index is 5.69. The Morgan fingerprint density at radius 3 is 3.21 bits per heavy atom. The molecule has 4 heteroatoms. The van der Waals surface area contributed by atoms with Crippen LogP contribution in [0, 0.1) is 0 Å². The van der Waals surface area contributed by atoms with Crippen molar-refractivity contribution in [3.63, 3.8) is 0 Å². The number of hydrogen-bond donors (Lipinski definition) is 1. The first kappa shape index (κ1) is 9.40. The summed E-state index contributed by atoms with van der Waals surface area (Å²) in [4.78, 5) is 2.42. The SMILES string of the molecule is CCN1CCCC1c1cc(N)cnn1. The zero-order valence-corrected chi connectivity index (χ0v) is 8.48. The van der Waals surface area contributed by atoms with Crippen LogP contribution in [0.25, 0.3) is 0 Å². The summed E-state index contributed by atoms with van der Waals surface area (Å²) < 4.78 is 0. The summed E-state index contributed by atoms with van der Waals surface area (Å²) in [7, 11) is 0. The van der Waals surface area contributed by atoms with E-state index in [1.165, 1.54) is 12.8 Å². The summed E-state index contributed by atoms with van der Waals surface area (Å²) in [5.41, 5.74) is 7.42. The van der Waals surface area contributed by atoms with Gasteiger partial charge in [-0.1, -0.05) is 6.92 Å². The normalized spacial score (nSPS) is 22.8. The predicted molar refractivity (Wildman–Crippen MR) is 55.7 cm³/mol. The lowest BCUT2D eigenvalue weighted by molar-refractivity contribution is 0.266. The minimum absolute atomic E-state index is 0.427. The minimum atomic E-state index is 0.427. The Morgan fingerprint density at radius 2 is 2.50 bits per heavy atom. The van der Waals surface area contributed by atoms with E-state index in [1.54, 1.807) is 6.20 Å². The van der Waals surface area contributed by atoms with Gasteiger partial charge in [-0.3, -0.25) is 4.90 Å². The molecule has 1 aromatic heterocycles. The second-order valence-electron chi connectivity index (χ2n) is 3.70. The van der Waals surface area contributed by atoms with Gasteiger partial charge in [0, 0.05) is 0 Å². The Kier molecular flexibility index (Phi) is 2.63. The largest absolute Gasteiger partial charge is 0.397 e. The van der Waals surface area contributed by atoms with Gasteiger partial charge in [-0.25, -0.2) is 0 Å². The van der Waals surface area contributed by atoms with Gasteiger partial charge in [0.1, 0.15) is 0 Å². The van der Waals surface area contributed by atoms with E-state index in [0.29, 0.717) is 11.7 Å². The van der Waals surface area contributed by atoms with Gasteiger partial charge >= 0.3 is 0 Å². The average molecular weight is 192 g/mol. The standard InChI is InChI=1S/C10H16N4/c1-2-14-5-3-4-10(14)9-6-8(11)7-12-13-9/h6-7,10H,2-5H2,1H3,(H2,11,13). The molecular weight excluding hydrogens is 176 g/mol. The summed E-state index contributed by atoms with van der Waals surface area (Å²) in [6.07, 6.45) is 4.01. The molecule has 1 aliphatic rings. The van der Waals surface area contributed by atoms with Gasteiger partial charge in [0.05, 0.1) is 23.6 Å². The molecule has 76 valence electrons. The first-order valence-electron chi connectivity index (χ1n) is 5.13. The van der Waals surface area contributed by atoms with Crippen molar-refractivity contribution in [2.24, 2.45) is 0 Å². The fourth-order valence-electron chi connectivity index (χ4n) is 2.10. The van der Waals surface area contributed by atoms with E-state index in [4.69, 9.17) is 5.73 Å². The first-order valence-corrected chi connectivity index (χ1v) is 5.13. The van der Waals surface area contributed by atoms with E-state index in [2.05, 4.69) is 22.0 Å². The highest BCUT2D eigenvalue weighted by Gasteiger charge is 2.25. The number of nitrogens with zero attached hydrogens (tertiary/aromatic N) is 3. The molecule has 1 atom stereocenters. The van der Waals surface area contributed by atoms with Gasteiger partial charge in [0.2, 0.25) is 0 Å². The molecule has 1 fully saturated rings. The third kappa shape index (κ3) is 1.70. The number of nitrogens with two attached hydrogens (primary N) is 1. The molecule has 4 nitrogen and oxygen atoms in total. The number of aromatic nitrogens is 2. The second kappa shape index (κ2) is 3.92. The Morgan fingerprint density at radius 1 is 1.64 bits per heavy atom. The van der Waals surface area contributed by atoms with Crippen molar-refractivity contribution in [2.75, 3.05) is 18.8 Å². The van der Waals surface area contributed by atoms with Crippen molar-refractivity contribution in [1.82, 2.24) is 15.1 Å². The van der Waals surface area contributed by atoms with Crippen LogP contribution in [0.15, 0.2) is 12.3 Å². The highest BCUT2D eigenvalue weighted by Crippen LogP contribution is 2.30. The molecule has 0 spiro atoms. The van der Waals surface area contributed by atoms with Gasteiger partial charge in [-0.15, -0.1) is 0 Å².